The molecule has 0 fully saturated rings. The Balaban J connectivity index is 1.84. The van der Waals surface area contributed by atoms with Crippen LogP contribution in [0.2, 0.25) is 5.02 Å². The lowest BCUT2D eigenvalue weighted by atomic mass is 10.2. The van der Waals surface area contributed by atoms with E-state index in [1.165, 1.54) is 5.01 Å². The lowest BCUT2D eigenvalue weighted by molar-refractivity contribution is -0.114. The van der Waals surface area contributed by atoms with Gasteiger partial charge >= 0.3 is 0 Å². The highest BCUT2D eigenvalue weighted by Crippen LogP contribution is 2.25. The van der Waals surface area contributed by atoms with Crippen LogP contribution in [0.15, 0.2) is 71.5 Å². The highest BCUT2D eigenvalue weighted by atomic mass is 35.5. The van der Waals surface area contributed by atoms with Gasteiger partial charge in [-0.25, -0.2) is 0 Å². The van der Waals surface area contributed by atoms with Crippen LogP contribution >= 0.6 is 11.6 Å². The van der Waals surface area contributed by atoms with Gasteiger partial charge in [0, 0.05) is 16.9 Å². The summed E-state index contributed by atoms with van der Waals surface area (Å²) in [6.45, 7) is 1.81. The molecule has 1 N–H and O–H groups in total. The van der Waals surface area contributed by atoms with Gasteiger partial charge in [0.15, 0.2) is 0 Å². The molecule has 4 nitrogen and oxygen atoms in total. The van der Waals surface area contributed by atoms with E-state index in [4.69, 9.17) is 11.6 Å². The summed E-state index contributed by atoms with van der Waals surface area (Å²) in [6.07, 6.45) is 1.68. The SMILES string of the molecule is CC1=NN(c2cccc(Cl)c2)C(=O)C1=CNc1ccccc1. The molecule has 1 heterocycles. The minimum atomic E-state index is -0.178. The van der Waals surface area contributed by atoms with Crippen molar-refractivity contribution in [2.45, 2.75) is 6.92 Å². The Morgan fingerprint density at radius 1 is 1.14 bits per heavy atom. The Labute approximate surface area is 133 Å². The smallest absolute Gasteiger partial charge is 0.282 e. The van der Waals surface area contributed by atoms with E-state index in [0.29, 0.717) is 22.0 Å². The number of rotatable bonds is 3. The third-order valence-corrected chi connectivity index (χ3v) is 3.51. The fraction of sp³-hybridized carbons (Fsp3) is 0.0588. The predicted molar refractivity (Wildman–Crippen MR) is 90.2 cm³/mol. The molecule has 0 aliphatic carbocycles. The molecule has 0 unspecified atom stereocenters. The van der Waals surface area contributed by atoms with Crippen LogP contribution in [-0.2, 0) is 4.79 Å². The number of carbonyl (C=O) groups excluding carboxylic acids is 1. The van der Waals surface area contributed by atoms with Gasteiger partial charge in [0.05, 0.1) is 17.0 Å². The topological polar surface area (TPSA) is 44.7 Å². The monoisotopic (exact) mass is 311 g/mol. The van der Waals surface area contributed by atoms with Gasteiger partial charge in [-0.2, -0.15) is 10.1 Å². The molecular formula is C17H14ClN3O. The molecule has 22 heavy (non-hydrogen) atoms. The van der Waals surface area contributed by atoms with E-state index in [1.807, 2.05) is 30.3 Å². The lowest BCUT2D eigenvalue weighted by Crippen LogP contribution is -2.21. The second kappa shape index (κ2) is 6.03. The molecule has 1 aliphatic rings. The molecule has 3 rings (SSSR count). The average molecular weight is 312 g/mol. The molecule has 0 saturated heterocycles. The van der Waals surface area contributed by atoms with Gasteiger partial charge in [-0.15, -0.1) is 0 Å². The Kier molecular flexibility index (Phi) is 3.94. The molecule has 1 aliphatic heterocycles. The summed E-state index contributed by atoms with van der Waals surface area (Å²) in [5, 5.41) is 9.35. The van der Waals surface area contributed by atoms with Crippen LogP contribution in [0.4, 0.5) is 11.4 Å². The molecular weight excluding hydrogens is 298 g/mol. The molecule has 1 amide bonds. The van der Waals surface area contributed by atoms with Gasteiger partial charge in [0.25, 0.3) is 5.91 Å². The zero-order valence-corrected chi connectivity index (χ0v) is 12.7. The van der Waals surface area contributed by atoms with E-state index in [1.54, 1.807) is 37.4 Å². The molecule has 2 aromatic carbocycles. The maximum Gasteiger partial charge on any atom is 0.282 e. The summed E-state index contributed by atoms with van der Waals surface area (Å²) in [4.78, 5) is 12.5. The molecule has 0 bridgehead atoms. The van der Waals surface area contributed by atoms with Crippen LogP contribution in [0.5, 0.6) is 0 Å². The van der Waals surface area contributed by atoms with Crippen LogP contribution in [-0.4, -0.2) is 11.6 Å². The highest BCUT2D eigenvalue weighted by Gasteiger charge is 2.28. The normalized spacial score (nSPS) is 16.1. The number of hydrogen-bond acceptors (Lipinski definition) is 3. The molecule has 2 aromatic rings. The molecule has 5 heteroatoms. The zero-order chi connectivity index (χ0) is 15.5. The van der Waals surface area contributed by atoms with E-state index >= 15 is 0 Å². The van der Waals surface area contributed by atoms with Crippen LogP contribution in [0.25, 0.3) is 0 Å². The summed E-state index contributed by atoms with van der Waals surface area (Å²) in [7, 11) is 0. The van der Waals surface area contributed by atoms with E-state index in [9.17, 15) is 4.79 Å². The van der Waals surface area contributed by atoms with Gasteiger partial charge in [-0.1, -0.05) is 35.9 Å². The van der Waals surface area contributed by atoms with Crippen molar-refractivity contribution in [1.29, 1.82) is 0 Å². The first kappa shape index (κ1) is 14.4. The van der Waals surface area contributed by atoms with E-state index in [2.05, 4.69) is 10.4 Å². The van der Waals surface area contributed by atoms with Gasteiger partial charge in [-0.05, 0) is 37.3 Å². The minimum absolute atomic E-state index is 0.178. The number of carbonyl (C=O) groups is 1. The molecule has 110 valence electrons. The number of halogens is 1. The van der Waals surface area contributed by atoms with Crippen molar-refractivity contribution in [2.24, 2.45) is 5.10 Å². The number of hydrazone groups is 1. The third-order valence-electron chi connectivity index (χ3n) is 3.27. The fourth-order valence-electron chi connectivity index (χ4n) is 2.16. The van der Waals surface area contributed by atoms with Gasteiger partial charge in [0.2, 0.25) is 0 Å². The number of nitrogens with zero attached hydrogens (tertiary/aromatic N) is 2. The summed E-state index contributed by atoms with van der Waals surface area (Å²) < 4.78 is 0. The minimum Gasteiger partial charge on any atom is -0.361 e. The van der Waals surface area contributed by atoms with Crippen LogP contribution in [0, 0.1) is 0 Å². The maximum absolute atomic E-state index is 12.5. The van der Waals surface area contributed by atoms with E-state index in [-0.39, 0.29) is 5.91 Å². The Morgan fingerprint density at radius 3 is 2.64 bits per heavy atom. The number of amides is 1. The van der Waals surface area contributed by atoms with Crippen molar-refractivity contribution < 1.29 is 4.79 Å². The Bertz CT molecular complexity index is 768. The second-order valence-electron chi connectivity index (χ2n) is 4.85. The number of benzene rings is 2. The Morgan fingerprint density at radius 2 is 1.91 bits per heavy atom. The van der Waals surface area contributed by atoms with Crippen molar-refractivity contribution in [3.63, 3.8) is 0 Å². The zero-order valence-electron chi connectivity index (χ0n) is 12.0. The first-order valence-corrected chi connectivity index (χ1v) is 7.20. The quantitative estimate of drug-likeness (QED) is 0.869. The van der Waals surface area contributed by atoms with Crippen molar-refractivity contribution in [3.05, 3.63) is 71.4 Å². The van der Waals surface area contributed by atoms with Crippen LogP contribution in [0.3, 0.4) is 0 Å². The van der Waals surface area contributed by atoms with E-state index < -0.39 is 0 Å². The first-order chi connectivity index (χ1) is 10.6. The summed E-state index contributed by atoms with van der Waals surface area (Å²) in [5.41, 5.74) is 2.76. The maximum atomic E-state index is 12.5. The fourth-order valence-corrected chi connectivity index (χ4v) is 2.34. The van der Waals surface area contributed by atoms with Crippen LogP contribution in [0.1, 0.15) is 6.92 Å². The average Bonchev–Trinajstić information content (AvgIpc) is 2.81. The summed E-state index contributed by atoms with van der Waals surface area (Å²) in [6, 6.07) is 16.7. The number of nitrogens with one attached hydrogen (secondary N) is 1. The third kappa shape index (κ3) is 2.87. The van der Waals surface area contributed by atoms with Crippen molar-refractivity contribution in [3.8, 4) is 0 Å². The number of hydrogen-bond donors (Lipinski definition) is 1. The van der Waals surface area contributed by atoms with Crippen molar-refractivity contribution in [2.75, 3.05) is 10.3 Å². The number of para-hydroxylation sites is 1. The summed E-state index contributed by atoms with van der Waals surface area (Å²) in [5.74, 6) is -0.178. The highest BCUT2D eigenvalue weighted by molar-refractivity contribution is 6.32. The Hall–Kier alpha value is -2.59. The molecule has 0 atom stereocenters. The summed E-state index contributed by atoms with van der Waals surface area (Å²) >= 11 is 5.97. The lowest BCUT2D eigenvalue weighted by Gasteiger charge is -2.11. The first-order valence-electron chi connectivity index (χ1n) is 6.82. The van der Waals surface area contributed by atoms with E-state index in [0.717, 1.165) is 5.69 Å². The van der Waals surface area contributed by atoms with Crippen molar-refractivity contribution in [1.82, 2.24) is 0 Å². The second-order valence-corrected chi connectivity index (χ2v) is 5.29. The molecule has 0 spiro atoms. The number of anilines is 2. The standard InChI is InChI=1S/C17H14ClN3O/c1-12-16(11-19-14-7-3-2-4-8-14)17(22)21(20-12)15-9-5-6-13(18)10-15/h2-11,19H,1H3. The largest absolute Gasteiger partial charge is 0.361 e. The molecule has 0 aromatic heterocycles. The van der Waals surface area contributed by atoms with Crippen LogP contribution < -0.4 is 10.3 Å². The van der Waals surface area contributed by atoms with Gasteiger partial charge in [-0.3, -0.25) is 4.79 Å². The van der Waals surface area contributed by atoms with Gasteiger partial charge < -0.3 is 5.32 Å². The van der Waals surface area contributed by atoms with Crippen molar-refractivity contribution >= 4 is 34.6 Å². The molecule has 0 saturated carbocycles. The van der Waals surface area contributed by atoms with Gasteiger partial charge in [0.1, 0.15) is 0 Å². The molecule has 0 radical (unpaired) electrons. The predicted octanol–water partition coefficient (Wildman–Crippen LogP) is 4.06.